The molecule has 0 radical (unpaired) electrons. The van der Waals surface area contributed by atoms with Crippen LogP contribution >= 0.6 is 0 Å². The molecule has 1 rings (SSSR count). The van der Waals surface area contributed by atoms with Gasteiger partial charge in [-0.25, -0.2) is 0 Å². The van der Waals surface area contributed by atoms with Crippen LogP contribution < -0.4 is 0 Å². The van der Waals surface area contributed by atoms with E-state index in [0.29, 0.717) is 0 Å². The summed E-state index contributed by atoms with van der Waals surface area (Å²) in [4.78, 5) is 11.6. The molecule has 2 nitrogen and oxygen atoms in total. The SMILES string of the molecule is CCCCCCCCCC(C)(C(=O)O)c1ccccc1.[Ca+2].[H-].[H-]. The van der Waals surface area contributed by atoms with Gasteiger partial charge in [0.1, 0.15) is 0 Å². The zero-order valence-corrected chi connectivity index (χ0v) is 15.8. The summed E-state index contributed by atoms with van der Waals surface area (Å²) in [6.07, 6.45) is 9.25. The molecular formula is C18H30CaO2. The van der Waals surface area contributed by atoms with Crippen LogP contribution in [0.25, 0.3) is 0 Å². The molecule has 116 valence electrons. The second-order valence-electron chi connectivity index (χ2n) is 5.87. The Morgan fingerprint density at radius 2 is 1.57 bits per heavy atom. The topological polar surface area (TPSA) is 37.3 Å². The minimum Gasteiger partial charge on any atom is -1.00 e. The maximum atomic E-state index is 11.6. The molecule has 0 bridgehead atoms. The zero-order valence-electron chi connectivity index (χ0n) is 15.6. The molecule has 0 aliphatic heterocycles. The fourth-order valence-electron chi connectivity index (χ4n) is 2.62. The van der Waals surface area contributed by atoms with Crippen LogP contribution in [0.1, 0.15) is 73.6 Å². The monoisotopic (exact) mass is 318 g/mol. The van der Waals surface area contributed by atoms with E-state index in [-0.39, 0.29) is 40.6 Å². The van der Waals surface area contributed by atoms with Gasteiger partial charge in [0.25, 0.3) is 0 Å². The van der Waals surface area contributed by atoms with E-state index in [4.69, 9.17) is 0 Å². The van der Waals surface area contributed by atoms with E-state index in [1.165, 1.54) is 32.1 Å². The number of carbonyl (C=O) groups is 1. The second-order valence-corrected chi connectivity index (χ2v) is 5.87. The third-order valence-electron chi connectivity index (χ3n) is 4.16. The Balaban J connectivity index is -0.00000133. The number of aliphatic carboxylic acids is 1. The summed E-state index contributed by atoms with van der Waals surface area (Å²) >= 11 is 0. The van der Waals surface area contributed by atoms with Crippen molar-refractivity contribution in [3.63, 3.8) is 0 Å². The first kappa shape index (κ1) is 20.9. The molecule has 0 spiro atoms. The molecule has 1 aromatic rings. The zero-order chi connectivity index (χ0) is 14.8. The first-order valence-corrected chi connectivity index (χ1v) is 7.90. The number of hydrogen-bond donors (Lipinski definition) is 1. The van der Waals surface area contributed by atoms with Crippen molar-refractivity contribution in [2.45, 2.75) is 70.6 Å². The standard InChI is InChI=1S/C18H28O2.Ca.2H/c1-3-4-5-6-7-8-12-15-18(2,17(19)20)16-13-10-9-11-14-16;;;/h9-11,13-14H,3-8,12,15H2,1-2H3,(H,19,20);;;/q;+2;2*-1. The normalized spacial score (nSPS) is 13.2. The number of benzene rings is 1. The van der Waals surface area contributed by atoms with Crippen molar-refractivity contribution in [3.8, 4) is 0 Å². The Kier molecular flexibility index (Phi) is 11.5. The van der Waals surface area contributed by atoms with Gasteiger partial charge in [-0.2, -0.15) is 0 Å². The summed E-state index contributed by atoms with van der Waals surface area (Å²) in [5.41, 5.74) is 0.170. The van der Waals surface area contributed by atoms with Crippen LogP contribution in [0.4, 0.5) is 0 Å². The van der Waals surface area contributed by atoms with E-state index in [0.717, 1.165) is 24.8 Å². The molecule has 0 fully saturated rings. The van der Waals surface area contributed by atoms with Gasteiger partial charge in [0.15, 0.2) is 0 Å². The van der Waals surface area contributed by atoms with Crippen LogP contribution in [-0.4, -0.2) is 48.8 Å². The Bertz CT molecular complexity index is 401. The van der Waals surface area contributed by atoms with Gasteiger partial charge < -0.3 is 7.96 Å². The smallest absolute Gasteiger partial charge is 1.00 e. The van der Waals surface area contributed by atoms with Gasteiger partial charge in [-0.3, -0.25) is 4.79 Å². The van der Waals surface area contributed by atoms with E-state index in [1.54, 1.807) is 0 Å². The van der Waals surface area contributed by atoms with E-state index in [2.05, 4.69) is 6.92 Å². The molecule has 0 aromatic heterocycles. The van der Waals surface area contributed by atoms with Gasteiger partial charge in [0, 0.05) is 0 Å². The third-order valence-corrected chi connectivity index (χ3v) is 4.16. The van der Waals surface area contributed by atoms with Crippen LogP contribution in [0.5, 0.6) is 0 Å². The predicted octanol–water partition coefficient (Wildman–Crippen LogP) is 5.01. The van der Waals surface area contributed by atoms with Gasteiger partial charge in [-0.15, -0.1) is 0 Å². The molecule has 0 amide bonds. The maximum Gasteiger partial charge on any atom is 2.00 e. The molecule has 0 heterocycles. The van der Waals surface area contributed by atoms with Crippen LogP contribution in [0.15, 0.2) is 30.3 Å². The predicted molar refractivity (Wildman–Crippen MR) is 92.0 cm³/mol. The van der Waals surface area contributed by atoms with Gasteiger partial charge in [-0.1, -0.05) is 82.2 Å². The Labute approximate surface area is 162 Å². The Morgan fingerprint density at radius 3 is 2.10 bits per heavy atom. The third kappa shape index (κ3) is 7.17. The van der Waals surface area contributed by atoms with Crippen LogP contribution in [-0.2, 0) is 10.2 Å². The average Bonchev–Trinajstić information content (AvgIpc) is 2.46. The molecule has 0 saturated heterocycles. The van der Waals surface area contributed by atoms with E-state index >= 15 is 0 Å². The van der Waals surface area contributed by atoms with Crippen LogP contribution in [0.3, 0.4) is 0 Å². The summed E-state index contributed by atoms with van der Waals surface area (Å²) in [7, 11) is 0. The maximum absolute atomic E-state index is 11.6. The van der Waals surface area contributed by atoms with Crippen molar-refractivity contribution < 1.29 is 12.8 Å². The summed E-state index contributed by atoms with van der Waals surface area (Å²) in [6.45, 7) is 4.07. The van der Waals surface area contributed by atoms with E-state index in [9.17, 15) is 9.90 Å². The molecule has 3 heteroatoms. The molecule has 1 unspecified atom stereocenters. The first-order chi connectivity index (χ1) is 9.61. The Morgan fingerprint density at radius 1 is 1.05 bits per heavy atom. The van der Waals surface area contributed by atoms with Crippen LogP contribution in [0, 0.1) is 0 Å². The number of carboxylic acids is 1. The largest absolute Gasteiger partial charge is 2.00 e. The van der Waals surface area contributed by atoms with Crippen molar-refractivity contribution >= 4 is 43.7 Å². The number of rotatable bonds is 10. The van der Waals surface area contributed by atoms with Gasteiger partial charge in [-0.05, 0) is 18.9 Å². The van der Waals surface area contributed by atoms with Gasteiger partial charge >= 0.3 is 43.7 Å². The number of hydrogen-bond acceptors (Lipinski definition) is 1. The van der Waals surface area contributed by atoms with Crippen molar-refractivity contribution in [1.82, 2.24) is 0 Å². The van der Waals surface area contributed by atoms with Gasteiger partial charge in [0.2, 0.25) is 0 Å². The molecule has 21 heavy (non-hydrogen) atoms. The van der Waals surface area contributed by atoms with Crippen molar-refractivity contribution in [2.75, 3.05) is 0 Å². The molecule has 0 aliphatic rings. The summed E-state index contributed by atoms with van der Waals surface area (Å²) < 4.78 is 0. The van der Waals surface area contributed by atoms with Gasteiger partial charge in [0.05, 0.1) is 5.41 Å². The molecule has 0 saturated carbocycles. The molecular weight excluding hydrogens is 288 g/mol. The van der Waals surface area contributed by atoms with Crippen LogP contribution in [0.2, 0.25) is 0 Å². The first-order valence-electron chi connectivity index (χ1n) is 7.90. The average molecular weight is 319 g/mol. The van der Waals surface area contributed by atoms with Crippen molar-refractivity contribution in [1.29, 1.82) is 0 Å². The summed E-state index contributed by atoms with van der Waals surface area (Å²) in [5.74, 6) is -0.713. The molecule has 1 aromatic carbocycles. The minimum atomic E-state index is -0.745. The summed E-state index contributed by atoms with van der Waals surface area (Å²) in [5, 5.41) is 9.56. The van der Waals surface area contributed by atoms with Crippen molar-refractivity contribution in [3.05, 3.63) is 35.9 Å². The fourth-order valence-corrected chi connectivity index (χ4v) is 2.62. The fraction of sp³-hybridized carbons (Fsp3) is 0.611. The van der Waals surface area contributed by atoms with E-state index in [1.807, 2.05) is 37.3 Å². The number of unbranched alkanes of at least 4 members (excludes halogenated alkanes) is 6. The summed E-state index contributed by atoms with van der Waals surface area (Å²) in [6, 6.07) is 9.62. The quantitative estimate of drug-likeness (QED) is 0.486. The van der Waals surface area contributed by atoms with E-state index < -0.39 is 11.4 Å². The molecule has 1 N–H and O–H groups in total. The van der Waals surface area contributed by atoms with Crippen molar-refractivity contribution in [2.24, 2.45) is 0 Å². The second kappa shape index (κ2) is 11.5. The molecule has 1 atom stereocenters. The minimum absolute atomic E-state index is 0. The Hall–Kier alpha value is -0.0503. The number of carboxylic acid groups (broad SMARTS) is 1. The molecule has 0 aliphatic carbocycles.